The maximum atomic E-state index is 11.9. The molecule has 3 nitrogen and oxygen atoms in total. The molecular weight excluding hydrogens is 270 g/mol. The summed E-state index contributed by atoms with van der Waals surface area (Å²) in [7, 11) is 1.46. The second-order valence-electron chi connectivity index (χ2n) is 6.89. The molecule has 0 aromatic rings. The van der Waals surface area contributed by atoms with Crippen molar-refractivity contribution in [2.45, 2.75) is 52.5 Å². The van der Waals surface area contributed by atoms with Gasteiger partial charge in [0, 0.05) is 11.1 Å². The standard InChI is InChI=1S/C16H27NO2S/c1-15(2)11-6-8-16(15,3)13(10-11)17-12(7-9-20-5)14(18)19-4/h11-12H,6-10H2,1-5H3/t11-,12-,16+/m0/s1. The van der Waals surface area contributed by atoms with Crippen LogP contribution in [-0.2, 0) is 9.53 Å². The predicted octanol–water partition coefficient (Wildman–Crippen LogP) is 3.57. The van der Waals surface area contributed by atoms with E-state index in [1.165, 1.54) is 25.7 Å². The van der Waals surface area contributed by atoms with Crippen LogP contribution in [0.2, 0.25) is 0 Å². The molecule has 0 radical (unpaired) electrons. The van der Waals surface area contributed by atoms with E-state index in [2.05, 4.69) is 27.0 Å². The molecule has 20 heavy (non-hydrogen) atoms. The first-order valence-corrected chi connectivity index (χ1v) is 8.90. The van der Waals surface area contributed by atoms with Crippen LogP contribution >= 0.6 is 11.8 Å². The number of hydrogen-bond acceptors (Lipinski definition) is 4. The summed E-state index contributed by atoms with van der Waals surface area (Å²) in [4.78, 5) is 16.8. The van der Waals surface area contributed by atoms with Gasteiger partial charge in [0.2, 0.25) is 0 Å². The highest BCUT2D eigenvalue weighted by atomic mass is 32.2. The fraction of sp³-hybridized carbons (Fsp3) is 0.875. The SMILES string of the molecule is COC(=O)[C@H](CCSC)N=C1C[C@@H]2CC[C@@]1(C)C2(C)C. The van der Waals surface area contributed by atoms with Crippen LogP contribution in [-0.4, -0.2) is 36.8 Å². The monoisotopic (exact) mass is 297 g/mol. The van der Waals surface area contributed by atoms with E-state index in [1.807, 2.05) is 0 Å². The average molecular weight is 297 g/mol. The molecule has 0 aliphatic heterocycles. The number of aliphatic imine (C=N–C) groups is 1. The van der Waals surface area contributed by atoms with Gasteiger partial charge >= 0.3 is 5.97 Å². The van der Waals surface area contributed by atoms with E-state index in [4.69, 9.17) is 9.73 Å². The Morgan fingerprint density at radius 1 is 1.50 bits per heavy atom. The van der Waals surface area contributed by atoms with Crippen LogP contribution in [0.1, 0.15) is 46.5 Å². The van der Waals surface area contributed by atoms with E-state index in [9.17, 15) is 4.79 Å². The Kier molecular flexibility index (Phi) is 4.53. The first-order chi connectivity index (χ1) is 9.36. The molecule has 0 heterocycles. The average Bonchev–Trinajstić information content (AvgIpc) is 2.75. The highest BCUT2D eigenvalue weighted by Crippen LogP contribution is 2.64. The van der Waals surface area contributed by atoms with Crippen LogP contribution in [0, 0.1) is 16.7 Å². The van der Waals surface area contributed by atoms with E-state index in [-0.39, 0.29) is 17.4 Å². The lowest BCUT2D eigenvalue weighted by Gasteiger charge is -2.35. The summed E-state index contributed by atoms with van der Waals surface area (Å²) in [5.74, 6) is 1.49. The van der Waals surface area contributed by atoms with Crippen LogP contribution < -0.4 is 0 Å². The molecule has 0 unspecified atom stereocenters. The summed E-state index contributed by atoms with van der Waals surface area (Å²) in [5.41, 5.74) is 1.74. The summed E-state index contributed by atoms with van der Waals surface area (Å²) < 4.78 is 4.93. The van der Waals surface area contributed by atoms with E-state index in [1.54, 1.807) is 11.8 Å². The van der Waals surface area contributed by atoms with Crippen molar-refractivity contribution >= 4 is 23.4 Å². The normalized spacial score (nSPS) is 34.5. The minimum absolute atomic E-state index is 0.170. The fourth-order valence-corrected chi connectivity index (χ4v) is 4.37. The highest BCUT2D eigenvalue weighted by molar-refractivity contribution is 7.98. The zero-order valence-corrected chi connectivity index (χ0v) is 14.2. The molecule has 2 rings (SSSR count). The Labute approximate surface area is 126 Å². The smallest absolute Gasteiger partial charge is 0.330 e. The molecule has 2 aliphatic carbocycles. The number of rotatable bonds is 5. The fourth-order valence-electron chi connectivity index (χ4n) is 3.91. The van der Waals surface area contributed by atoms with Crippen molar-refractivity contribution in [1.29, 1.82) is 0 Å². The lowest BCUT2D eigenvalue weighted by atomic mass is 9.70. The minimum atomic E-state index is -0.311. The third kappa shape index (κ3) is 2.40. The van der Waals surface area contributed by atoms with Gasteiger partial charge in [0.15, 0.2) is 0 Å². The Hall–Kier alpha value is -0.510. The summed E-state index contributed by atoms with van der Waals surface area (Å²) >= 11 is 1.75. The number of nitrogens with zero attached hydrogens (tertiary/aromatic N) is 1. The van der Waals surface area contributed by atoms with Gasteiger partial charge in [-0.25, -0.2) is 4.79 Å². The van der Waals surface area contributed by atoms with Crippen molar-refractivity contribution in [2.75, 3.05) is 19.1 Å². The van der Waals surface area contributed by atoms with Crippen molar-refractivity contribution in [1.82, 2.24) is 0 Å². The molecule has 2 saturated carbocycles. The first-order valence-electron chi connectivity index (χ1n) is 7.50. The van der Waals surface area contributed by atoms with E-state index < -0.39 is 0 Å². The van der Waals surface area contributed by atoms with Crippen molar-refractivity contribution in [2.24, 2.45) is 21.7 Å². The van der Waals surface area contributed by atoms with Crippen molar-refractivity contribution < 1.29 is 9.53 Å². The van der Waals surface area contributed by atoms with Crippen molar-refractivity contribution in [3.63, 3.8) is 0 Å². The third-order valence-electron chi connectivity index (χ3n) is 5.89. The number of methoxy groups -OCH3 is 1. The zero-order valence-electron chi connectivity index (χ0n) is 13.4. The van der Waals surface area contributed by atoms with Gasteiger partial charge in [-0.15, -0.1) is 0 Å². The molecule has 0 spiro atoms. The predicted molar refractivity (Wildman–Crippen MR) is 85.5 cm³/mol. The van der Waals surface area contributed by atoms with Crippen LogP contribution in [0.3, 0.4) is 0 Å². The lowest BCUT2D eigenvalue weighted by molar-refractivity contribution is -0.142. The van der Waals surface area contributed by atoms with Gasteiger partial charge in [0.1, 0.15) is 6.04 Å². The number of fused-ring (bicyclic) bond motifs is 2. The molecule has 114 valence electrons. The summed E-state index contributed by atoms with van der Waals surface area (Å²) in [5, 5.41) is 0. The molecular formula is C16H27NO2S. The quantitative estimate of drug-likeness (QED) is 0.728. The van der Waals surface area contributed by atoms with Gasteiger partial charge in [-0.2, -0.15) is 11.8 Å². The largest absolute Gasteiger partial charge is 0.467 e. The van der Waals surface area contributed by atoms with Gasteiger partial charge in [0.25, 0.3) is 0 Å². The molecule has 0 aromatic carbocycles. The molecule has 0 aromatic heterocycles. The second kappa shape index (κ2) is 5.70. The number of hydrogen-bond donors (Lipinski definition) is 0. The van der Waals surface area contributed by atoms with Gasteiger partial charge < -0.3 is 4.74 Å². The number of carbonyl (C=O) groups excluding carboxylic acids is 1. The topological polar surface area (TPSA) is 38.7 Å². The Bertz CT molecular complexity index is 419. The molecule has 3 atom stereocenters. The highest BCUT2D eigenvalue weighted by Gasteiger charge is 2.59. The molecule has 4 heteroatoms. The van der Waals surface area contributed by atoms with Crippen LogP contribution in [0.15, 0.2) is 4.99 Å². The molecule has 2 bridgehead atoms. The maximum Gasteiger partial charge on any atom is 0.330 e. The Morgan fingerprint density at radius 2 is 2.20 bits per heavy atom. The molecule has 2 aliphatic rings. The first kappa shape index (κ1) is 15.9. The van der Waals surface area contributed by atoms with Gasteiger partial charge in [-0.05, 0) is 49.0 Å². The Balaban J connectivity index is 2.23. The van der Waals surface area contributed by atoms with Crippen LogP contribution in [0.25, 0.3) is 0 Å². The molecule has 0 N–H and O–H groups in total. The van der Waals surface area contributed by atoms with Crippen molar-refractivity contribution in [3.8, 4) is 0 Å². The number of thioether (sulfide) groups is 1. The van der Waals surface area contributed by atoms with Gasteiger partial charge in [0.05, 0.1) is 7.11 Å². The van der Waals surface area contributed by atoms with E-state index in [0.717, 1.165) is 24.5 Å². The molecule has 0 saturated heterocycles. The Morgan fingerprint density at radius 3 is 2.65 bits per heavy atom. The van der Waals surface area contributed by atoms with Crippen molar-refractivity contribution in [3.05, 3.63) is 0 Å². The zero-order chi connectivity index (χ0) is 15.0. The summed E-state index contributed by atoms with van der Waals surface area (Å²) in [6.07, 6.45) is 6.41. The second-order valence-corrected chi connectivity index (χ2v) is 7.88. The molecule has 0 amide bonds. The van der Waals surface area contributed by atoms with Gasteiger partial charge in [-0.3, -0.25) is 4.99 Å². The molecule has 2 fully saturated rings. The van der Waals surface area contributed by atoms with Crippen LogP contribution in [0.4, 0.5) is 0 Å². The van der Waals surface area contributed by atoms with Gasteiger partial charge in [-0.1, -0.05) is 20.8 Å². The van der Waals surface area contributed by atoms with Crippen LogP contribution in [0.5, 0.6) is 0 Å². The number of ether oxygens (including phenoxy) is 1. The summed E-state index contributed by atoms with van der Waals surface area (Å²) in [6.45, 7) is 7.06. The minimum Gasteiger partial charge on any atom is -0.467 e. The van der Waals surface area contributed by atoms with E-state index in [0.29, 0.717) is 5.41 Å². The lowest BCUT2D eigenvalue weighted by Crippen LogP contribution is -2.34. The maximum absolute atomic E-state index is 11.9. The summed E-state index contributed by atoms with van der Waals surface area (Å²) in [6, 6.07) is -0.311. The van der Waals surface area contributed by atoms with E-state index >= 15 is 0 Å². The number of esters is 1. The number of carbonyl (C=O) groups is 1. The third-order valence-corrected chi connectivity index (χ3v) is 6.54.